The van der Waals surface area contributed by atoms with Crippen molar-refractivity contribution in [2.45, 2.75) is 70.4 Å². The molecule has 2 atom stereocenters. The fourth-order valence-corrected chi connectivity index (χ4v) is 4.87. The highest BCUT2D eigenvalue weighted by atomic mass is 32.1. The second-order valence-electron chi connectivity index (χ2n) is 8.76. The number of thiophene rings is 1. The lowest BCUT2D eigenvalue weighted by atomic mass is 9.77. The van der Waals surface area contributed by atoms with Crippen LogP contribution < -0.4 is 0 Å². The van der Waals surface area contributed by atoms with Crippen molar-refractivity contribution in [1.82, 2.24) is 4.90 Å². The highest BCUT2D eigenvalue weighted by molar-refractivity contribution is 7.12. The third-order valence-corrected chi connectivity index (χ3v) is 7.12. The molecule has 0 saturated carbocycles. The maximum atomic E-state index is 13.4. The Morgan fingerprint density at radius 2 is 2.00 bits per heavy atom. The lowest BCUT2D eigenvalue weighted by molar-refractivity contribution is -0.0786. The molecule has 1 aliphatic heterocycles. The summed E-state index contributed by atoms with van der Waals surface area (Å²) in [4.78, 5) is 16.3. The van der Waals surface area contributed by atoms with Gasteiger partial charge in [-0.15, -0.1) is 11.3 Å². The molecule has 1 aromatic carbocycles. The first-order valence-electron chi connectivity index (χ1n) is 10.4. The summed E-state index contributed by atoms with van der Waals surface area (Å²) < 4.78 is 5.92. The number of ether oxygens (including phenoxy) is 1. The van der Waals surface area contributed by atoms with Crippen molar-refractivity contribution in [3.8, 4) is 0 Å². The highest BCUT2D eigenvalue weighted by Crippen LogP contribution is 2.34. The Hall–Kier alpha value is -1.65. The molecule has 1 aliphatic rings. The van der Waals surface area contributed by atoms with E-state index in [9.17, 15) is 4.79 Å². The molecule has 3 rings (SSSR count). The minimum absolute atomic E-state index is 0.0654. The van der Waals surface area contributed by atoms with Gasteiger partial charge in [-0.05, 0) is 62.0 Å². The summed E-state index contributed by atoms with van der Waals surface area (Å²) in [5, 5.41) is 1.99. The number of rotatable bonds is 7. The molecule has 28 heavy (non-hydrogen) atoms. The first-order chi connectivity index (χ1) is 13.3. The van der Waals surface area contributed by atoms with Gasteiger partial charge >= 0.3 is 0 Å². The third kappa shape index (κ3) is 4.84. The Bertz CT molecular complexity index is 756. The summed E-state index contributed by atoms with van der Waals surface area (Å²) in [5.41, 5.74) is 1.24. The fraction of sp³-hybridized carbons (Fsp3) is 0.542. The zero-order valence-electron chi connectivity index (χ0n) is 17.6. The van der Waals surface area contributed by atoms with Crippen molar-refractivity contribution in [3.05, 3.63) is 58.3 Å². The van der Waals surface area contributed by atoms with Crippen LogP contribution in [0.15, 0.2) is 47.8 Å². The van der Waals surface area contributed by atoms with Gasteiger partial charge in [0.1, 0.15) is 0 Å². The number of benzene rings is 1. The van der Waals surface area contributed by atoms with Crippen molar-refractivity contribution in [2.24, 2.45) is 0 Å². The molecule has 2 heterocycles. The average Bonchev–Trinajstić information content (AvgIpc) is 3.22. The van der Waals surface area contributed by atoms with Crippen LogP contribution in [0.25, 0.3) is 0 Å². The number of carbonyl (C=O) groups excluding carboxylic acids is 1. The third-order valence-electron chi connectivity index (χ3n) is 6.26. The van der Waals surface area contributed by atoms with Gasteiger partial charge in [-0.3, -0.25) is 4.79 Å². The quantitative estimate of drug-likeness (QED) is 0.579. The predicted molar refractivity (Wildman–Crippen MR) is 117 cm³/mol. The molecule has 1 aromatic heterocycles. The normalized spacial score (nSPS) is 21.1. The van der Waals surface area contributed by atoms with Crippen molar-refractivity contribution in [1.29, 1.82) is 0 Å². The molecule has 0 aliphatic carbocycles. The molecular weight excluding hydrogens is 366 g/mol. The van der Waals surface area contributed by atoms with Crippen LogP contribution in [-0.2, 0) is 10.2 Å². The molecule has 0 radical (unpaired) electrons. The number of carbonyl (C=O) groups is 1. The lowest BCUT2D eigenvalue weighted by Crippen LogP contribution is -2.49. The number of hydrogen-bond acceptors (Lipinski definition) is 3. The second-order valence-corrected chi connectivity index (χ2v) is 9.71. The largest absolute Gasteiger partial charge is 0.375 e. The SMILES string of the molecule is CC[C@@](C)(CCN(C(=O)c1cccs1)[C@@H]1CCOC(C)(C)C1)c1ccccc1. The van der Waals surface area contributed by atoms with E-state index in [1.54, 1.807) is 0 Å². The molecule has 4 heteroatoms. The smallest absolute Gasteiger partial charge is 0.264 e. The van der Waals surface area contributed by atoms with E-state index in [1.807, 2.05) is 17.5 Å². The van der Waals surface area contributed by atoms with Crippen molar-refractivity contribution in [2.75, 3.05) is 13.2 Å². The van der Waals surface area contributed by atoms with Gasteiger partial charge in [0.05, 0.1) is 10.5 Å². The van der Waals surface area contributed by atoms with Gasteiger partial charge in [-0.1, -0.05) is 50.2 Å². The Kier molecular flexibility index (Phi) is 6.61. The van der Waals surface area contributed by atoms with Crippen LogP contribution in [0.1, 0.15) is 68.6 Å². The molecule has 1 fully saturated rings. The molecule has 0 N–H and O–H groups in total. The Morgan fingerprint density at radius 3 is 2.61 bits per heavy atom. The van der Waals surface area contributed by atoms with Gasteiger partial charge in [-0.25, -0.2) is 0 Å². The van der Waals surface area contributed by atoms with Gasteiger partial charge in [-0.2, -0.15) is 0 Å². The average molecular weight is 400 g/mol. The van der Waals surface area contributed by atoms with E-state index in [-0.39, 0.29) is 23.0 Å². The summed E-state index contributed by atoms with van der Waals surface area (Å²) in [6.45, 7) is 10.3. The lowest BCUT2D eigenvalue weighted by Gasteiger charge is -2.42. The zero-order valence-corrected chi connectivity index (χ0v) is 18.4. The monoisotopic (exact) mass is 399 g/mol. The highest BCUT2D eigenvalue weighted by Gasteiger charge is 2.36. The Morgan fingerprint density at radius 1 is 1.25 bits per heavy atom. The van der Waals surface area contributed by atoms with Crippen LogP contribution in [0.2, 0.25) is 0 Å². The van der Waals surface area contributed by atoms with Gasteiger partial charge < -0.3 is 9.64 Å². The molecule has 0 unspecified atom stereocenters. The second kappa shape index (κ2) is 8.79. The maximum Gasteiger partial charge on any atom is 0.264 e. The Balaban J connectivity index is 1.81. The van der Waals surface area contributed by atoms with Gasteiger partial charge in [0.25, 0.3) is 5.91 Å². The molecule has 3 nitrogen and oxygen atoms in total. The van der Waals surface area contributed by atoms with Crippen LogP contribution in [0.5, 0.6) is 0 Å². The Labute approximate surface area is 173 Å². The van der Waals surface area contributed by atoms with Crippen LogP contribution in [0, 0.1) is 0 Å². The van der Waals surface area contributed by atoms with Gasteiger partial charge in [0.2, 0.25) is 0 Å². The minimum Gasteiger partial charge on any atom is -0.375 e. The van der Waals surface area contributed by atoms with E-state index in [1.165, 1.54) is 16.9 Å². The molecular formula is C24H33NO2S. The first-order valence-corrected chi connectivity index (χ1v) is 11.3. The molecule has 0 spiro atoms. The fourth-order valence-electron chi connectivity index (χ4n) is 4.19. The summed E-state index contributed by atoms with van der Waals surface area (Å²) in [5.74, 6) is 0.171. The van der Waals surface area contributed by atoms with Crippen molar-refractivity contribution in [3.63, 3.8) is 0 Å². The summed E-state index contributed by atoms with van der Waals surface area (Å²) in [6.07, 6.45) is 3.81. The van der Waals surface area contributed by atoms with Crippen LogP contribution in [-0.4, -0.2) is 35.6 Å². The van der Waals surface area contributed by atoms with Crippen molar-refractivity contribution < 1.29 is 9.53 Å². The number of amides is 1. The number of nitrogens with zero attached hydrogens (tertiary/aromatic N) is 1. The zero-order chi connectivity index (χ0) is 20.2. The van der Waals surface area contributed by atoms with E-state index >= 15 is 0 Å². The first kappa shape index (κ1) is 21.1. The summed E-state index contributed by atoms with van der Waals surface area (Å²) >= 11 is 1.54. The van der Waals surface area contributed by atoms with E-state index in [2.05, 4.69) is 62.9 Å². The molecule has 152 valence electrons. The van der Waals surface area contributed by atoms with Gasteiger partial charge in [0.15, 0.2) is 0 Å². The number of hydrogen-bond donors (Lipinski definition) is 0. The predicted octanol–water partition coefficient (Wildman–Crippen LogP) is 5.91. The van der Waals surface area contributed by atoms with Crippen LogP contribution >= 0.6 is 11.3 Å². The molecule has 1 saturated heterocycles. The van der Waals surface area contributed by atoms with E-state index < -0.39 is 0 Å². The summed E-state index contributed by atoms with van der Waals surface area (Å²) in [6, 6.07) is 14.9. The topological polar surface area (TPSA) is 29.5 Å². The maximum absolute atomic E-state index is 13.4. The molecule has 1 amide bonds. The van der Waals surface area contributed by atoms with Crippen LogP contribution in [0.3, 0.4) is 0 Å². The van der Waals surface area contributed by atoms with Crippen molar-refractivity contribution >= 4 is 17.2 Å². The summed E-state index contributed by atoms with van der Waals surface area (Å²) in [7, 11) is 0. The standard InChI is InChI=1S/C24H33NO2S/c1-5-24(4,19-10-7-6-8-11-19)14-15-25(22(26)21-12-9-17-28-21)20-13-16-27-23(2,3)18-20/h6-12,17,20H,5,13-16,18H2,1-4H3/t20-,24+/m1/s1. The van der Waals surface area contributed by atoms with Gasteiger partial charge in [0, 0.05) is 19.2 Å². The van der Waals surface area contributed by atoms with E-state index in [0.29, 0.717) is 0 Å². The minimum atomic E-state index is -0.176. The van der Waals surface area contributed by atoms with E-state index in [0.717, 1.165) is 43.7 Å². The van der Waals surface area contributed by atoms with Crippen LogP contribution in [0.4, 0.5) is 0 Å². The van der Waals surface area contributed by atoms with E-state index in [4.69, 9.17) is 4.74 Å². The molecule has 0 bridgehead atoms. The molecule has 2 aromatic rings.